The van der Waals surface area contributed by atoms with Crippen LogP contribution in [-0.4, -0.2) is 42.0 Å². The summed E-state index contributed by atoms with van der Waals surface area (Å²) in [6.07, 6.45) is 2.67. The summed E-state index contributed by atoms with van der Waals surface area (Å²) in [5, 5.41) is 11.5. The number of benzene rings is 1. The van der Waals surface area contributed by atoms with Crippen LogP contribution in [0.4, 0.5) is 5.69 Å². The van der Waals surface area contributed by atoms with Crippen LogP contribution in [0.1, 0.15) is 6.42 Å². The zero-order valence-corrected chi connectivity index (χ0v) is 12.3. The molecule has 0 aliphatic carbocycles. The van der Waals surface area contributed by atoms with Crippen molar-refractivity contribution in [1.29, 1.82) is 0 Å². The molecule has 2 N–H and O–H groups in total. The Morgan fingerprint density at radius 3 is 3.14 bits per heavy atom. The number of anilines is 1. The smallest absolute Gasteiger partial charge is 0.228 e. The third-order valence-corrected chi connectivity index (χ3v) is 4.03. The highest BCUT2D eigenvalue weighted by Crippen LogP contribution is 2.20. The number of hydrogen-bond donors (Lipinski definition) is 2. The van der Waals surface area contributed by atoms with E-state index in [-0.39, 0.29) is 17.9 Å². The Labute approximate surface area is 123 Å². The maximum Gasteiger partial charge on any atom is 0.228 e. The standard InChI is InChI=1S/C15H20N4O2/c1-19-14-6-12(4-3-10(14)8-17-19)18-15(20)11-5-13(21-2)9-16-7-11/h3-4,6,8,11,13,16H,5,7,9H2,1-2H3,(H,18,20). The Kier molecular flexibility index (Phi) is 3.90. The minimum Gasteiger partial charge on any atom is -0.380 e. The first kappa shape index (κ1) is 14.0. The molecule has 6 nitrogen and oxygen atoms in total. The monoisotopic (exact) mass is 288 g/mol. The number of methoxy groups -OCH3 is 1. The van der Waals surface area contributed by atoms with E-state index in [0.29, 0.717) is 6.54 Å². The van der Waals surface area contributed by atoms with Gasteiger partial charge in [0, 0.05) is 38.3 Å². The van der Waals surface area contributed by atoms with Crippen LogP contribution in [-0.2, 0) is 16.6 Å². The van der Waals surface area contributed by atoms with E-state index >= 15 is 0 Å². The number of carbonyl (C=O) groups is 1. The summed E-state index contributed by atoms with van der Waals surface area (Å²) in [4.78, 5) is 12.4. The number of ether oxygens (including phenoxy) is 1. The minimum atomic E-state index is -0.0639. The molecule has 1 saturated heterocycles. The van der Waals surface area contributed by atoms with Crippen LogP contribution in [0.15, 0.2) is 24.4 Å². The lowest BCUT2D eigenvalue weighted by atomic mass is 9.96. The van der Waals surface area contributed by atoms with E-state index < -0.39 is 0 Å². The second-order valence-electron chi connectivity index (χ2n) is 5.48. The second-order valence-corrected chi connectivity index (χ2v) is 5.48. The Balaban J connectivity index is 1.72. The zero-order chi connectivity index (χ0) is 14.8. The van der Waals surface area contributed by atoms with E-state index in [0.717, 1.165) is 29.6 Å². The summed E-state index contributed by atoms with van der Waals surface area (Å²) in [5.74, 6) is -0.0308. The van der Waals surface area contributed by atoms with Crippen molar-refractivity contribution >= 4 is 22.5 Å². The third-order valence-electron chi connectivity index (χ3n) is 4.03. The van der Waals surface area contributed by atoms with Crippen molar-refractivity contribution in [3.63, 3.8) is 0 Å². The summed E-state index contributed by atoms with van der Waals surface area (Å²) >= 11 is 0. The van der Waals surface area contributed by atoms with E-state index in [9.17, 15) is 4.79 Å². The van der Waals surface area contributed by atoms with Gasteiger partial charge in [0.25, 0.3) is 0 Å². The lowest BCUT2D eigenvalue weighted by Crippen LogP contribution is -2.44. The van der Waals surface area contributed by atoms with Gasteiger partial charge in [-0.15, -0.1) is 0 Å². The van der Waals surface area contributed by atoms with Crippen LogP contribution in [0, 0.1) is 5.92 Å². The summed E-state index contributed by atoms with van der Waals surface area (Å²) in [6, 6.07) is 5.82. The molecular formula is C15H20N4O2. The van der Waals surface area contributed by atoms with Crippen LogP contribution in [0.25, 0.3) is 10.9 Å². The van der Waals surface area contributed by atoms with Gasteiger partial charge < -0.3 is 15.4 Å². The van der Waals surface area contributed by atoms with E-state index in [4.69, 9.17) is 4.74 Å². The van der Waals surface area contributed by atoms with E-state index in [1.807, 2.05) is 31.4 Å². The van der Waals surface area contributed by atoms with E-state index in [2.05, 4.69) is 15.7 Å². The first-order valence-corrected chi connectivity index (χ1v) is 7.13. The molecule has 0 spiro atoms. The molecule has 1 amide bonds. The molecule has 112 valence electrons. The van der Waals surface area contributed by atoms with Gasteiger partial charge in [0.05, 0.1) is 23.7 Å². The van der Waals surface area contributed by atoms with Crippen molar-refractivity contribution in [2.24, 2.45) is 13.0 Å². The normalized spacial score (nSPS) is 22.4. The zero-order valence-electron chi connectivity index (χ0n) is 12.3. The lowest BCUT2D eigenvalue weighted by Gasteiger charge is -2.28. The average molecular weight is 288 g/mol. The van der Waals surface area contributed by atoms with Crippen LogP contribution >= 0.6 is 0 Å². The van der Waals surface area contributed by atoms with E-state index in [1.165, 1.54) is 0 Å². The van der Waals surface area contributed by atoms with Gasteiger partial charge in [-0.05, 0) is 24.6 Å². The number of nitrogens with one attached hydrogen (secondary N) is 2. The molecule has 21 heavy (non-hydrogen) atoms. The number of piperidine rings is 1. The molecule has 1 aromatic heterocycles. The van der Waals surface area contributed by atoms with Gasteiger partial charge in [0.1, 0.15) is 0 Å². The third kappa shape index (κ3) is 2.91. The predicted octanol–water partition coefficient (Wildman–Crippen LogP) is 1.14. The molecule has 2 unspecified atom stereocenters. The first-order valence-electron chi connectivity index (χ1n) is 7.13. The molecule has 1 fully saturated rings. The Hall–Kier alpha value is -1.92. The molecular weight excluding hydrogens is 268 g/mol. The molecule has 1 aliphatic heterocycles. The molecule has 1 aromatic carbocycles. The largest absolute Gasteiger partial charge is 0.380 e. The van der Waals surface area contributed by atoms with Crippen molar-refractivity contribution in [2.45, 2.75) is 12.5 Å². The van der Waals surface area contributed by atoms with Crippen molar-refractivity contribution in [1.82, 2.24) is 15.1 Å². The fourth-order valence-corrected chi connectivity index (χ4v) is 2.75. The highest BCUT2D eigenvalue weighted by atomic mass is 16.5. The van der Waals surface area contributed by atoms with E-state index in [1.54, 1.807) is 11.8 Å². The van der Waals surface area contributed by atoms with Gasteiger partial charge in [0.2, 0.25) is 5.91 Å². The van der Waals surface area contributed by atoms with Crippen LogP contribution in [0.2, 0.25) is 0 Å². The van der Waals surface area contributed by atoms with Gasteiger partial charge in [0.15, 0.2) is 0 Å². The van der Waals surface area contributed by atoms with Gasteiger partial charge in [-0.1, -0.05) is 0 Å². The number of carbonyl (C=O) groups excluding carboxylic acids is 1. The highest BCUT2D eigenvalue weighted by molar-refractivity contribution is 5.95. The fourth-order valence-electron chi connectivity index (χ4n) is 2.75. The van der Waals surface area contributed by atoms with Gasteiger partial charge in [-0.2, -0.15) is 5.10 Å². The van der Waals surface area contributed by atoms with Crippen LogP contribution in [0.5, 0.6) is 0 Å². The van der Waals surface area contributed by atoms with Gasteiger partial charge in [-0.25, -0.2) is 0 Å². The number of aryl methyl sites for hydroxylation is 1. The number of nitrogens with zero attached hydrogens (tertiary/aromatic N) is 2. The summed E-state index contributed by atoms with van der Waals surface area (Å²) in [6.45, 7) is 1.50. The van der Waals surface area contributed by atoms with Gasteiger partial charge in [-0.3, -0.25) is 9.48 Å². The molecule has 2 heterocycles. The number of hydrogen-bond acceptors (Lipinski definition) is 4. The molecule has 0 radical (unpaired) electrons. The maximum atomic E-state index is 12.4. The fraction of sp³-hybridized carbons (Fsp3) is 0.467. The quantitative estimate of drug-likeness (QED) is 0.888. The molecule has 2 atom stereocenters. The Morgan fingerprint density at radius 2 is 2.33 bits per heavy atom. The van der Waals surface area contributed by atoms with Gasteiger partial charge >= 0.3 is 0 Å². The minimum absolute atomic E-state index is 0.0331. The number of rotatable bonds is 3. The van der Waals surface area contributed by atoms with Crippen molar-refractivity contribution in [3.8, 4) is 0 Å². The predicted molar refractivity (Wildman–Crippen MR) is 81.1 cm³/mol. The Bertz CT molecular complexity index is 652. The maximum absolute atomic E-state index is 12.4. The molecule has 1 aliphatic rings. The van der Waals surface area contributed by atoms with Crippen LogP contribution < -0.4 is 10.6 Å². The average Bonchev–Trinajstić information content (AvgIpc) is 2.88. The Morgan fingerprint density at radius 1 is 1.48 bits per heavy atom. The van der Waals surface area contributed by atoms with Crippen molar-refractivity contribution in [3.05, 3.63) is 24.4 Å². The molecule has 0 saturated carbocycles. The van der Waals surface area contributed by atoms with Crippen LogP contribution in [0.3, 0.4) is 0 Å². The molecule has 3 rings (SSSR count). The molecule has 6 heteroatoms. The summed E-state index contributed by atoms with van der Waals surface area (Å²) in [7, 11) is 3.57. The molecule has 2 aromatic rings. The number of amides is 1. The first-order chi connectivity index (χ1) is 10.2. The second kappa shape index (κ2) is 5.83. The summed E-state index contributed by atoms with van der Waals surface area (Å²) < 4.78 is 7.13. The number of fused-ring (bicyclic) bond motifs is 1. The SMILES string of the molecule is COC1CNCC(C(=O)Nc2ccc3cnn(C)c3c2)C1. The van der Waals surface area contributed by atoms with Crippen molar-refractivity contribution in [2.75, 3.05) is 25.5 Å². The number of aromatic nitrogens is 2. The topological polar surface area (TPSA) is 68.2 Å². The highest BCUT2D eigenvalue weighted by Gasteiger charge is 2.27. The summed E-state index contributed by atoms with van der Waals surface area (Å²) in [5.41, 5.74) is 1.81. The lowest BCUT2D eigenvalue weighted by molar-refractivity contribution is -0.121. The van der Waals surface area contributed by atoms with Crippen molar-refractivity contribution < 1.29 is 9.53 Å². The molecule has 0 bridgehead atoms.